The van der Waals surface area contributed by atoms with Crippen molar-refractivity contribution in [3.63, 3.8) is 0 Å². The fourth-order valence-electron chi connectivity index (χ4n) is 11.0. The molecule has 0 saturated heterocycles. The number of hydrogen-bond acceptors (Lipinski definition) is 15. The lowest BCUT2D eigenvalue weighted by Crippen LogP contribution is -2.30. The van der Waals surface area contributed by atoms with Gasteiger partial charge in [0.25, 0.3) is 0 Å². The summed E-state index contributed by atoms with van der Waals surface area (Å²) in [4.78, 5) is 72.8. The van der Waals surface area contributed by atoms with Gasteiger partial charge in [0.15, 0.2) is 12.2 Å². The molecule has 0 aromatic carbocycles. The zero-order valence-electron chi connectivity index (χ0n) is 60.4. The van der Waals surface area contributed by atoms with Crippen molar-refractivity contribution in [2.24, 2.45) is 0 Å². The van der Waals surface area contributed by atoms with E-state index in [-0.39, 0.29) is 25.7 Å². The molecule has 0 radical (unpaired) electrons. The van der Waals surface area contributed by atoms with Crippen LogP contribution in [0.25, 0.3) is 0 Å². The Morgan fingerprint density at radius 2 is 0.489 bits per heavy atom. The molecule has 554 valence electrons. The predicted molar refractivity (Wildman–Crippen MR) is 381 cm³/mol. The molecule has 0 bridgehead atoms. The SMILES string of the molecule is CCCCCC/C=C\CCCCCCCC(=O)OC[C@H](COP(=O)(O)OC[C@@H](O)COP(=O)(O)OC[C@@H](COC(=O)CCCCCCCCCCCCCCC)OC(=O)CCCCCCCCCCCCCCC)OC(=O)CCCCCCC/C=C\CCCCCCCC. The zero-order valence-corrected chi connectivity index (χ0v) is 62.2. The van der Waals surface area contributed by atoms with E-state index in [2.05, 4.69) is 52.0 Å². The first kappa shape index (κ1) is 91.5. The third-order valence-corrected chi connectivity index (χ3v) is 18.8. The highest BCUT2D eigenvalue weighted by molar-refractivity contribution is 7.47. The van der Waals surface area contributed by atoms with Gasteiger partial charge >= 0.3 is 39.5 Å². The average molecular weight is 1380 g/mol. The Hall–Kier alpha value is -2.46. The van der Waals surface area contributed by atoms with Gasteiger partial charge in [-0.05, 0) is 77.0 Å². The molecule has 0 aliphatic carbocycles. The Bertz CT molecular complexity index is 1880. The van der Waals surface area contributed by atoms with E-state index < -0.39 is 97.5 Å². The molecule has 0 saturated carbocycles. The van der Waals surface area contributed by atoms with Gasteiger partial charge in [-0.1, -0.05) is 296 Å². The first-order chi connectivity index (χ1) is 45.7. The summed E-state index contributed by atoms with van der Waals surface area (Å²) in [5, 5.41) is 10.6. The zero-order chi connectivity index (χ0) is 69.0. The molecular formula is C75H142O17P2. The molecule has 0 rings (SSSR count). The number of unbranched alkanes of at least 4 members (excludes halogenated alkanes) is 44. The summed E-state index contributed by atoms with van der Waals surface area (Å²) in [6, 6.07) is 0. The van der Waals surface area contributed by atoms with Crippen molar-refractivity contribution in [2.45, 2.75) is 393 Å². The number of aliphatic hydroxyl groups is 1. The smallest absolute Gasteiger partial charge is 0.462 e. The highest BCUT2D eigenvalue weighted by atomic mass is 31.2. The Labute approximate surface area is 573 Å². The van der Waals surface area contributed by atoms with E-state index in [1.165, 1.54) is 173 Å². The van der Waals surface area contributed by atoms with Crippen LogP contribution >= 0.6 is 15.6 Å². The second-order valence-electron chi connectivity index (χ2n) is 26.3. The molecule has 17 nitrogen and oxygen atoms in total. The average Bonchev–Trinajstić information content (AvgIpc) is 1.83. The van der Waals surface area contributed by atoms with E-state index in [0.717, 1.165) is 122 Å². The molecule has 0 aromatic rings. The second kappa shape index (κ2) is 69.0. The number of carbonyl (C=O) groups excluding carboxylic acids is 4. The molecule has 0 aliphatic rings. The van der Waals surface area contributed by atoms with E-state index in [1.54, 1.807) is 0 Å². The third kappa shape index (κ3) is 68.1. The van der Waals surface area contributed by atoms with Gasteiger partial charge in [-0.3, -0.25) is 37.3 Å². The molecule has 3 N–H and O–H groups in total. The van der Waals surface area contributed by atoms with Gasteiger partial charge in [-0.15, -0.1) is 0 Å². The van der Waals surface area contributed by atoms with Crippen molar-refractivity contribution in [2.75, 3.05) is 39.6 Å². The van der Waals surface area contributed by atoms with E-state index in [4.69, 9.17) is 37.0 Å². The van der Waals surface area contributed by atoms with E-state index in [9.17, 15) is 43.2 Å². The van der Waals surface area contributed by atoms with Crippen molar-refractivity contribution in [1.29, 1.82) is 0 Å². The number of allylic oxidation sites excluding steroid dienone is 4. The number of phosphoric ester groups is 2. The van der Waals surface area contributed by atoms with Crippen LogP contribution in [-0.2, 0) is 65.4 Å². The van der Waals surface area contributed by atoms with Crippen LogP contribution in [0.15, 0.2) is 24.3 Å². The minimum atomic E-state index is -4.96. The van der Waals surface area contributed by atoms with Gasteiger partial charge in [0.2, 0.25) is 0 Å². The number of rotatable bonds is 74. The summed E-state index contributed by atoms with van der Waals surface area (Å²) in [5.74, 6) is -2.15. The Morgan fingerprint density at radius 1 is 0.287 bits per heavy atom. The van der Waals surface area contributed by atoms with Crippen LogP contribution in [0.3, 0.4) is 0 Å². The summed E-state index contributed by atoms with van der Waals surface area (Å²) >= 11 is 0. The number of phosphoric acid groups is 2. The maximum atomic E-state index is 13.1. The predicted octanol–water partition coefficient (Wildman–Crippen LogP) is 21.8. The van der Waals surface area contributed by atoms with Crippen LogP contribution in [0.5, 0.6) is 0 Å². The number of aliphatic hydroxyl groups excluding tert-OH is 1. The van der Waals surface area contributed by atoms with Crippen LogP contribution < -0.4 is 0 Å². The Kier molecular flexibility index (Phi) is 67.2. The maximum absolute atomic E-state index is 13.1. The summed E-state index contributed by atoms with van der Waals surface area (Å²) < 4.78 is 68.5. The van der Waals surface area contributed by atoms with Crippen molar-refractivity contribution in [3.8, 4) is 0 Å². The van der Waals surface area contributed by atoms with Crippen LogP contribution in [0.4, 0.5) is 0 Å². The van der Waals surface area contributed by atoms with Crippen LogP contribution in [0, 0.1) is 0 Å². The van der Waals surface area contributed by atoms with Crippen molar-refractivity contribution in [3.05, 3.63) is 24.3 Å². The number of hydrogen-bond donors (Lipinski definition) is 3. The fourth-order valence-corrected chi connectivity index (χ4v) is 12.6. The summed E-state index contributed by atoms with van der Waals surface area (Å²) in [5.41, 5.74) is 0. The molecule has 0 amide bonds. The molecule has 0 heterocycles. The van der Waals surface area contributed by atoms with Crippen LogP contribution in [0.1, 0.15) is 374 Å². The van der Waals surface area contributed by atoms with Crippen LogP contribution in [-0.4, -0.2) is 96.7 Å². The standard InChI is InChI=1S/C75H142O17P2/c1-5-9-13-17-21-25-29-33-34-38-42-46-50-54-58-62-75(80)92-71(66-86-73(78)60-56-52-48-44-40-36-31-27-23-19-15-11-7-3)68-90-94(83,84)88-64-69(76)63-87-93(81,82)89-67-70(91-74(79)61-57-53-49-45-41-37-32-28-24-20-16-12-8-4)65-85-72(77)59-55-51-47-43-39-35-30-26-22-18-14-10-6-2/h27,31,33-34,69-71,76H,5-26,28-30,32,35-68H2,1-4H3,(H,81,82)(H,83,84)/b31-27-,34-33-/t69-,70+,71+/m0/s1. The van der Waals surface area contributed by atoms with Gasteiger partial charge in [0.05, 0.1) is 26.4 Å². The molecule has 0 aliphatic heterocycles. The summed E-state index contributed by atoms with van der Waals surface area (Å²) in [7, 11) is -9.92. The van der Waals surface area contributed by atoms with Crippen molar-refractivity contribution in [1.82, 2.24) is 0 Å². The molecule has 2 unspecified atom stereocenters. The minimum absolute atomic E-state index is 0.0909. The van der Waals surface area contributed by atoms with Gasteiger partial charge in [0, 0.05) is 25.7 Å². The lowest BCUT2D eigenvalue weighted by atomic mass is 10.0. The van der Waals surface area contributed by atoms with Crippen molar-refractivity contribution >= 4 is 39.5 Å². The minimum Gasteiger partial charge on any atom is -0.462 e. The third-order valence-electron chi connectivity index (χ3n) is 16.9. The quantitative estimate of drug-likeness (QED) is 0.0169. The number of esters is 4. The Morgan fingerprint density at radius 3 is 0.745 bits per heavy atom. The van der Waals surface area contributed by atoms with Gasteiger partial charge in [0.1, 0.15) is 19.3 Å². The molecule has 0 fully saturated rings. The second-order valence-corrected chi connectivity index (χ2v) is 29.2. The molecule has 94 heavy (non-hydrogen) atoms. The van der Waals surface area contributed by atoms with E-state index >= 15 is 0 Å². The topological polar surface area (TPSA) is 237 Å². The van der Waals surface area contributed by atoms with E-state index in [1.807, 2.05) is 0 Å². The molecule has 5 atom stereocenters. The molecule has 0 spiro atoms. The largest absolute Gasteiger partial charge is 0.472 e. The molecular weight excluding hydrogens is 1230 g/mol. The van der Waals surface area contributed by atoms with Gasteiger partial charge in [-0.2, -0.15) is 0 Å². The molecule has 19 heteroatoms. The van der Waals surface area contributed by atoms with Gasteiger partial charge in [-0.25, -0.2) is 9.13 Å². The summed E-state index contributed by atoms with van der Waals surface area (Å²) in [6.07, 6.45) is 61.6. The number of ether oxygens (including phenoxy) is 4. The lowest BCUT2D eigenvalue weighted by Gasteiger charge is -2.21. The van der Waals surface area contributed by atoms with Gasteiger partial charge < -0.3 is 33.8 Å². The fraction of sp³-hybridized carbons (Fsp3) is 0.893. The summed E-state index contributed by atoms with van der Waals surface area (Å²) in [6.45, 7) is 4.92. The highest BCUT2D eigenvalue weighted by Gasteiger charge is 2.30. The van der Waals surface area contributed by atoms with E-state index in [0.29, 0.717) is 25.7 Å². The van der Waals surface area contributed by atoms with Crippen LogP contribution in [0.2, 0.25) is 0 Å². The maximum Gasteiger partial charge on any atom is 0.472 e. The normalized spacial score (nSPS) is 14.1. The first-order valence-corrected chi connectivity index (χ1v) is 41.6. The lowest BCUT2D eigenvalue weighted by molar-refractivity contribution is -0.161. The highest BCUT2D eigenvalue weighted by Crippen LogP contribution is 2.45. The van der Waals surface area contributed by atoms with Crippen molar-refractivity contribution < 1.29 is 80.2 Å². The Balaban J connectivity index is 5.30. The molecule has 0 aromatic heterocycles. The first-order valence-electron chi connectivity index (χ1n) is 38.6. The number of carbonyl (C=O) groups is 4. The monoisotopic (exact) mass is 1380 g/mol.